The van der Waals surface area contributed by atoms with Crippen molar-refractivity contribution in [1.29, 1.82) is 0 Å². The molecule has 0 saturated carbocycles. The second-order valence-corrected chi connectivity index (χ2v) is 4.29. The van der Waals surface area contributed by atoms with Gasteiger partial charge in [-0.1, -0.05) is 6.07 Å². The molecule has 0 unspecified atom stereocenters. The van der Waals surface area contributed by atoms with Crippen LogP contribution in [0.2, 0.25) is 0 Å². The first-order valence-electron chi connectivity index (χ1n) is 4.30. The minimum atomic E-state index is -1.05. The highest BCUT2D eigenvalue weighted by molar-refractivity contribution is 14.1. The maximum Gasteiger partial charge on any atom is 0.325 e. The third-order valence-corrected chi connectivity index (χ3v) is 2.48. The Morgan fingerprint density at radius 1 is 1.47 bits per heavy atom. The topological polar surface area (TPSA) is 66.4 Å². The average molecular weight is 319 g/mol. The van der Waals surface area contributed by atoms with E-state index in [1.807, 2.05) is 6.07 Å². The molecule has 1 aromatic rings. The second-order valence-electron chi connectivity index (χ2n) is 3.04. The van der Waals surface area contributed by atoms with Crippen molar-refractivity contribution in [3.05, 3.63) is 33.4 Å². The van der Waals surface area contributed by atoms with Crippen LogP contribution in [0.3, 0.4) is 0 Å². The van der Waals surface area contributed by atoms with Crippen LogP contribution in [-0.4, -0.2) is 23.0 Å². The fraction of sp³-hybridized carbons (Fsp3) is 0.200. The molecule has 0 radical (unpaired) electrons. The van der Waals surface area contributed by atoms with Gasteiger partial charge in [0.05, 0.1) is 0 Å². The molecule has 0 spiro atoms. The molecule has 4 nitrogen and oxygen atoms in total. The zero-order valence-electron chi connectivity index (χ0n) is 8.03. The number of hydrogen-bond acceptors (Lipinski definition) is 2. The molecule has 15 heavy (non-hydrogen) atoms. The highest BCUT2D eigenvalue weighted by Gasteiger charge is 2.14. The Labute approximate surface area is 101 Å². The van der Waals surface area contributed by atoms with Gasteiger partial charge in [0, 0.05) is 9.13 Å². The van der Waals surface area contributed by atoms with Gasteiger partial charge in [-0.25, -0.2) is 0 Å². The Bertz CT molecular complexity index is 392. The van der Waals surface area contributed by atoms with Gasteiger partial charge in [-0.2, -0.15) is 0 Å². The smallest absolute Gasteiger partial charge is 0.325 e. The molecule has 0 heterocycles. The first-order chi connectivity index (χ1) is 7.00. The predicted octanol–water partition coefficient (Wildman–Crippen LogP) is 1.49. The highest BCUT2D eigenvalue weighted by atomic mass is 127. The minimum Gasteiger partial charge on any atom is -0.480 e. The summed E-state index contributed by atoms with van der Waals surface area (Å²) in [5.41, 5.74) is 0.468. The quantitative estimate of drug-likeness (QED) is 0.830. The number of amides is 1. The fourth-order valence-corrected chi connectivity index (χ4v) is 1.51. The summed E-state index contributed by atoms with van der Waals surface area (Å²) < 4.78 is 0.934. The van der Waals surface area contributed by atoms with Gasteiger partial charge in [-0.3, -0.25) is 9.59 Å². The van der Waals surface area contributed by atoms with Crippen LogP contribution in [0, 0.1) is 3.57 Å². The largest absolute Gasteiger partial charge is 0.480 e. The van der Waals surface area contributed by atoms with E-state index in [-0.39, 0.29) is 5.91 Å². The predicted molar refractivity (Wildman–Crippen MR) is 63.7 cm³/mol. The molecule has 0 bridgehead atoms. The number of benzene rings is 1. The normalized spacial score (nSPS) is 11.9. The van der Waals surface area contributed by atoms with Crippen molar-refractivity contribution in [1.82, 2.24) is 5.32 Å². The zero-order chi connectivity index (χ0) is 11.4. The minimum absolute atomic E-state index is 0.372. The van der Waals surface area contributed by atoms with Crippen LogP contribution < -0.4 is 5.32 Å². The first kappa shape index (κ1) is 12.0. The SMILES string of the molecule is C[C@@H](NC(=O)c1cccc(I)c1)C(=O)O. The Morgan fingerprint density at radius 3 is 2.67 bits per heavy atom. The maximum atomic E-state index is 11.5. The van der Waals surface area contributed by atoms with E-state index in [0.717, 1.165) is 3.57 Å². The summed E-state index contributed by atoms with van der Waals surface area (Å²) >= 11 is 2.09. The summed E-state index contributed by atoms with van der Waals surface area (Å²) in [6, 6.07) is 6.08. The van der Waals surface area contributed by atoms with E-state index in [1.54, 1.807) is 18.2 Å². The summed E-state index contributed by atoms with van der Waals surface area (Å²) in [5.74, 6) is -1.42. The Balaban J connectivity index is 2.73. The molecule has 80 valence electrons. The number of halogens is 1. The molecule has 0 aliphatic rings. The molecule has 5 heteroatoms. The van der Waals surface area contributed by atoms with Gasteiger partial charge in [-0.05, 0) is 47.7 Å². The summed E-state index contributed by atoms with van der Waals surface area (Å²) in [5, 5.41) is 11.0. The Hall–Kier alpha value is -1.11. The average Bonchev–Trinajstić information content (AvgIpc) is 2.17. The van der Waals surface area contributed by atoms with E-state index >= 15 is 0 Å². The van der Waals surface area contributed by atoms with E-state index in [1.165, 1.54) is 6.92 Å². The molecular weight excluding hydrogens is 309 g/mol. The summed E-state index contributed by atoms with van der Waals surface area (Å²) in [7, 11) is 0. The lowest BCUT2D eigenvalue weighted by molar-refractivity contribution is -0.138. The molecule has 1 rings (SSSR count). The lowest BCUT2D eigenvalue weighted by Crippen LogP contribution is -2.38. The Kier molecular flexibility index (Phi) is 4.07. The van der Waals surface area contributed by atoms with Gasteiger partial charge in [0.2, 0.25) is 0 Å². The zero-order valence-corrected chi connectivity index (χ0v) is 10.2. The number of rotatable bonds is 3. The molecule has 0 fully saturated rings. The molecule has 0 saturated heterocycles. The molecule has 2 N–H and O–H groups in total. The summed E-state index contributed by atoms with van der Waals surface area (Å²) in [4.78, 5) is 22.1. The molecule has 0 aliphatic heterocycles. The summed E-state index contributed by atoms with van der Waals surface area (Å²) in [6.07, 6.45) is 0. The second kappa shape index (κ2) is 5.11. The lowest BCUT2D eigenvalue weighted by Gasteiger charge is -2.09. The lowest BCUT2D eigenvalue weighted by atomic mass is 10.2. The number of aliphatic carboxylic acids is 1. The van der Waals surface area contributed by atoms with Crippen LogP contribution in [0.5, 0.6) is 0 Å². The van der Waals surface area contributed by atoms with Gasteiger partial charge in [0.15, 0.2) is 0 Å². The van der Waals surface area contributed by atoms with Crippen molar-refractivity contribution in [3.63, 3.8) is 0 Å². The third-order valence-electron chi connectivity index (χ3n) is 1.80. The van der Waals surface area contributed by atoms with E-state index < -0.39 is 12.0 Å². The van der Waals surface area contributed by atoms with E-state index in [9.17, 15) is 9.59 Å². The van der Waals surface area contributed by atoms with Gasteiger partial charge >= 0.3 is 5.97 Å². The number of nitrogens with one attached hydrogen (secondary N) is 1. The molecule has 1 atom stereocenters. The van der Waals surface area contributed by atoms with Gasteiger partial charge in [-0.15, -0.1) is 0 Å². The molecule has 0 aliphatic carbocycles. The number of hydrogen-bond donors (Lipinski definition) is 2. The number of carboxylic acid groups (broad SMARTS) is 1. The standard InChI is InChI=1S/C10H10INO3/c1-6(10(14)15)12-9(13)7-3-2-4-8(11)5-7/h2-6H,1H3,(H,12,13)(H,14,15)/t6-/m1/s1. The first-order valence-corrected chi connectivity index (χ1v) is 5.38. The van der Waals surface area contributed by atoms with Crippen molar-refractivity contribution in [3.8, 4) is 0 Å². The summed E-state index contributed by atoms with van der Waals surface area (Å²) in [6.45, 7) is 1.42. The van der Waals surface area contributed by atoms with Crippen molar-refractivity contribution in [2.75, 3.05) is 0 Å². The van der Waals surface area contributed by atoms with Gasteiger partial charge < -0.3 is 10.4 Å². The van der Waals surface area contributed by atoms with E-state index in [0.29, 0.717) is 5.56 Å². The van der Waals surface area contributed by atoms with Crippen molar-refractivity contribution in [2.24, 2.45) is 0 Å². The Morgan fingerprint density at radius 2 is 2.13 bits per heavy atom. The van der Waals surface area contributed by atoms with Crippen molar-refractivity contribution in [2.45, 2.75) is 13.0 Å². The van der Waals surface area contributed by atoms with Crippen LogP contribution in [0.15, 0.2) is 24.3 Å². The highest BCUT2D eigenvalue weighted by Crippen LogP contribution is 2.07. The van der Waals surface area contributed by atoms with Crippen LogP contribution in [0.4, 0.5) is 0 Å². The molecular formula is C10H10INO3. The van der Waals surface area contributed by atoms with Crippen LogP contribution in [0.1, 0.15) is 17.3 Å². The van der Waals surface area contributed by atoms with Gasteiger partial charge in [0.25, 0.3) is 5.91 Å². The van der Waals surface area contributed by atoms with E-state index in [2.05, 4.69) is 27.9 Å². The number of carboxylic acids is 1. The third kappa shape index (κ3) is 3.50. The number of carbonyl (C=O) groups excluding carboxylic acids is 1. The number of carbonyl (C=O) groups is 2. The van der Waals surface area contributed by atoms with Crippen molar-refractivity contribution < 1.29 is 14.7 Å². The van der Waals surface area contributed by atoms with Gasteiger partial charge in [0.1, 0.15) is 6.04 Å². The van der Waals surface area contributed by atoms with Crippen LogP contribution in [0.25, 0.3) is 0 Å². The fourth-order valence-electron chi connectivity index (χ4n) is 0.971. The van der Waals surface area contributed by atoms with Crippen LogP contribution >= 0.6 is 22.6 Å². The van der Waals surface area contributed by atoms with E-state index in [4.69, 9.17) is 5.11 Å². The molecule has 0 aromatic heterocycles. The maximum absolute atomic E-state index is 11.5. The van der Waals surface area contributed by atoms with Crippen LogP contribution in [-0.2, 0) is 4.79 Å². The monoisotopic (exact) mass is 319 g/mol. The molecule has 1 amide bonds. The molecule has 1 aromatic carbocycles. The van der Waals surface area contributed by atoms with Crippen molar-refractivity contribution >= 4 is 34.5 Å².